The number of carbonyl (C=O) groups excluding carboxylic acids is 1. The number of fused-ring (bicyclic) bond motifs is 4. The van der Waals surface area contributed by atoms with Gasteiger partial charge in [0.25, 0.3) is 0 Å². The van der Waals surface area contributed by atoms with Crippen molar-refractivity contribution in [3.05, 3.63) is 77.4 Å². The standard InChI is InChI=1S/C26H26N2O2/c1-17-9-11-22-21(15-17)25(2,3)26(27-24(29)16-28(22)26)14-13-20-19-8-6-5-7-18(19)10-12-23(20)30-4/h5-15H,16H2,1-4H3,(H,27,29)/b14-13+. The Hall–Kier alpha value is -3.27. The molecule has 2 heterocycles. The molecule has 0 spiro atoms. The number of carbonyl (C=O) groups is 1. The third kappa shape index (κ3) is 2.43. The van der Waals surface area contributed by atoms with E-state index in [1.54, 1.807) is 7.11 Å². The second-order valence-electron chi connectivity index (χ2n) is 8.78. The maximum atomic E-state index is 12.6. The van der Waals surface area contributed by atoms with Crippen LogP contribution in [0, 0.1) is 6.92 Å². The van der Waals surface area contributed by atoms with E-state index in [1.165, 1.54) is 11.1 Å². The minimum absolute atomic E-state index is 0.0452. The first kappa shape index (κ1) is 18.7. The molecule has 0 bridgehead atoms. The van der Waals surface area contributed by atoms with Gasteiger partial charge in [0.15, 0.2) is 0 Å². The molecule has 3 aromatic carbocycles. The summed E-state index contributed by atoms with van der Waals surface area (Å²) in [5.41, 5.74) is 3.71. The van der Waals surface area contributed by atoms with Crippen LogP contribution in [0.3, 0.4) is 0 Å². The molecule has 3 aromatic rings. The third-order valence-corrected chi connectivity index (χ3v) is 6.77. The molecule has 30 heavy (non-hydrogen) atoms. The van der Waals surface area contributed by atoms with Crippen LogP contribution in [-0.4, -0.2) is 25.2 Å². The monoisotopic (exact) mass is 398 g/mol. The van der Waals surface area contributed by atoms with Crippen molar-refractivity contribution in [1.82, 2.24) is 5.32 Å². The number of ether oxygens (including phenoxy) is 1. The molecule has 1 atom stereocenters. The van der Waals surface area contributed by atoms with Crippen molar-refractivity contribution in [3.63, 3.8) is 0 Å². The highest BCUT2D eigenvalue weighted by molar-refractivity contribution is 5.95. The van der Waals surface area contributed by atoms with Crippen LogP contribution in [0.5, 0.6) is 5.75 Å². The van der Waals surface area contributed by atoms with Crippen LogP contribution in [0.15, 0.2) is 60.7 Å². The predicted octanol–water partition coefficient (Wildman–Crippen LogP) is 4.79. The zero-order valence-electron chi connectivity index (χ0n) is 17.8. The van der Waals surface area contributed by atoms with Gasteiger partial charge >= 0.3 is 0 Å². The summed E-state index contributed by atoms with van der Waals surface area (Å²) in [4.78, 5) is 14.8. The molecule has 0 radical (unpaired) electrons. The molecule has 4 nitrogen and oxygen atoms in total. The Morgan fingerprint density at radius 3 is 2.70 bits per heavy atom. The molecule has 0 saturated carbocycles. The molecule has 0 aliphatic carbocycles. The number of nitrogens with one attached hydrogen (secondary N) is 1. The zero-order valence-corrected chi connectivity index (χ0v) is 17.8. The number of hydrogen-bond donors (Lipinski definition) is 1. The van der Waals surface area contributed by atoms with Crippen LogP contribution in [0.4, 0.5) is 5.69 Å². The van der Waals surface area contributed by atoms with E-state index in [-0.39, 0.29) is 11.3 Å². The number of methoxy groups -OCH3 is 1. The molecule has 152 valence electrons. The molecule has 1 amide bonds. The lowest BCUT2D eigenvalue weighted by Crippen LogP contribution is -2.58. The molecule has 5 rings (SSSR count). The Morgan fingerprint density at radius 1 is 1.10 bits per heavy atom. The van der Waals surface area contributed by atoms with Gasteiger partial charge in [-0.2, -0.15) is 0 Å². The quantitative estimate of drug-likeness (QED) is 0.689. The first-order chi connectivity index (χ1) is 14.4. The van der Waals surface area contributed by atoms with Gasteiger partial charge in [-0.3, -0.25) is 4.79 Å². The Morgan fingerprint density at radius 2 is 1.90 bits per heavy atom. The first-order valence-corrected chi connectivity index (χ1v) is 10.3. The molecule has 1 fully saturated rings. The Labute approximate surface area is 177 Å². The van der Waals surface area contributed by atoms with Gasteiger partial charge in [0.1, 0.15) is 11.4 Å². The zero-order chi connectivity index (χ0) is 21.1. The molecule has 2 aliphatic heterocycles. The second-order valence-corrected chi connectivity index (χ2v) is 8.78. The Kier molecular flexibility index (Phi) is 3.97. The fourth-order valence-corrected chi connectivity index (χ4v) is 5.12. The normalized spacial score (nSPS) is 21.7. The van der Waals surface area contributed by atoms with Crippen molar-refractivity contribution in [2.75, 3.05) is 18.6 Å². The van der Waals surface area contributed by atoms with E-state index in [0.717, 1.165) is 27.8 Å². The lowest BCUT2D eigenvalue weighted by atomic mass is 9.75. The number of hydrogen-bond acceptors (Lipinski definition) is 3. The summed E-state index contributed by atoms with van der Waals surface area (Å²) in [6.07, 6.45) is 4.26. The van der Waals surface area contributed by atoms with Gasteiger partial charge in [-0.05, 0) is 41.5 Å². The van der Waals surface area contributed by atoms with Gasteiger partial charge in [-0.25, -0.2) is 0 Å². The molecular formula is C26H26N2O2. The van der Waals surface area contributed by atoms with Crippen molar-refractivity contribution in [1.29, 1.82) is 0 Å². The highest BCUT2D eigenvalue weighted by Gasteiger charge is 2.59. The SMILES string of the molecule is COc1ccc2ccccc2c1/C=C/C12NC(=O)CN1c1ccc(C)cc1C2(C)C. The van der Waals surface area contributed by atoms with Crippen molar-refractivity contribution in [2.24, 2.45) is 0 Å². The van der Waals surface area contributed by atoms with Crippen molar-refractivity contribution in [3.8, 4) is 5.75 Å². The molecule has 2 aliphatic rings. The maximum absolute atomic E-state index is 12.6. The van der Waals surface area contributed by atoms with Crippen LogP contribution >= 0.6 is 0 Å². The summed E-state index contributed by atoms with van der Waals surface area (Å²) in [5, 5.41) is 5.59. The first-order valence-electron chi connectivity index (χ1n) is 10.3. The van der Waals surface area contributed by atoms with E-state index >= 15 is 0 Å². The van der Waals surface area contributed by atoms with Gasteiger partial charge in [0.05, 0.1) is 13.7 Å². The molecule has 1 saturated heterocycles. The van der Waals surface area contributed by atoms with E-state index in [2.05, 4.69) is 79.5 Å². The Balaban J connectivity index is 1.70. The lowest BCUT2D eigenvalue weighted by molar-refractivity contribution is -0.118. The minimum Gasteiger partial charge on any atom is -0.496 e. The second kappa shape index (κ2) is 6.36. The highest BCUT2D eigenvalue weighted by atomic mass is 16.5. The van der Waals surface area contributed by atoms with Gasteiger partial charge in [-0.1, -0.05) is 68.0 Å². The topological polar surface area (TPSA) is 41.6 Å². The van der Waals surface area contributed by atoms with Crippen LogP contribution < -0.4 is 15.0 Å². The predicted molar refractivity (Wildman–Crippen MR) is 122 cm³/mol. The van der Waals surface area contributed by atoms with Gasteiger partial charge < -0.3 is 15.0 Å². The lowest BCUT2D eigenvalue weighted by Gasteiger charge is -2.40. The number of rotatable bonds is 3. The van der Waals surface area contributed by atoms with E-state index in [0.29, 0.717) is 6.54 Å². The average Bonchev–Trinajstić information content (AvgIpc) is 3.16. The number of anilines is 1. The molecule has 4 heteroatoms. The van der Waals surface area contributed by atoms with E-state index in [4.69, 9.17) is 4.74 Å². The van der Waals surface area contributed by atoms with E-state index in [9.17, 15) is 4.79 Å². The third-order valence-electron chi connectivity index (χ3n) is 6.77. The molecular weight excluding hydrogens is 372 g/mol. The number of amides is 1. The van der Waals surface area contributed by atoms with Crippen molar-refractivity contribution < 1.29 is 9.53 Å². The Bertz CT molecular complexity index is 1210. The van der Waals surface area contributed by atoms with Gasteiger partial charge in [-0.15, -0.1) is 0 Å². The fourth-order valence-electron chi connectivity index (χ4n) is 5.12. The summed E-state index contributed by atoms with van der Waals surface area (Å²) in [6, 6.07) is 18.9. The van der Waals surface area contributed by atoms with Crippen LogP contribution in [0.2, 0.25) is 0 Å². The average molecular weight is 399 g/mol. The summed E-state index contributed by atoms with van der Waals surface area (Å²) < 4.78 is 5.68. The fraction of sp³-hybridized carbons (Fsp3) is 0.269. The van der Waals surface area contributed by atoms with Gasteiger partial charge in [0.2, 0.25) is 5.91 Å². The number of benzene rings is 3. The number of nitrogens with zero attached hydrogens (tertiary/aromatic N) is 1. The summed E-state index contributed by atoms with van der Waals surface area (Å²) in [6.45, 7) is 6.89. The molecule has 1 N–H and O–H groups in total. The van der Waals surface area contributed by atoms with Crippen LogP contribution in [-0.2, 0) is 10.2 Å². The van der Waals surface area contributed by atoms with Crippen LogP contribution in [0.25, 0.3) is 16.8 Å². The summed E-state index contributed by atoms with van der Waals surface area (Å²) >= 11 is 0. The number of aryl methyl sites for hydroxylation is 1. The van der Waals surface area contributed by atoms with Crippen LogP contribution in [0.1, 0.15) is 30.5 Å². The van der Waals surface area contributed by atoms with Crippen molar-refractivity contribution >= 4 is 28.4 Å². The largest absolute Gasteiger partial charge is 0.496 e. The summed E-state index contributed by atoms with van der Waals surface area (Å²) in [5.74, 6) is 0.866. The maximum Gasteiger partial charge on any atom is 0.241 e. The highest BCUT2D eigenvalue weighted by Crippen LogP contribution is 2.53. The van der Waals surface area contributed by atoms with E-state index in [1.807, 2.05) is 18.2 Å². The minimum atomic E-state index is -0.623. The smallest absolute Gasteiger partial charge is 0.241 e. The molecule has 1 unspecified atom stereocenters. The van der Waals surface area contributed by atoms with Gasteiger partial charge in [0, 0.05) is 16.7 Å². The molecule has 0 aromatic heterocycles. The van der Waals surface area contributed by atoms with E-state index < -0.39 is 5.66 Å². The summed E-state index contributed by atoms with van der Waals surface area (Å²) in [7, 11) is 1.70. The van der Waals surface area contributed by atoms with Crippen molar-refractivity contribution in [2.45, 2.75) is 31.8 Å².